The third-order valence-corrected chi connectivity index (χ3v) is 6.53. The molecule has 2 N–H and O–H groups in total. The van der Waals surface area contributed by atoms with Crippen LogP contribution in [0.1, 0.15) is 26.7 Å². The first-order valence-electron chi connectivity index (χ1n) is 7.77. The number of likely N-dealkylation sites (tertiary alicyclic amines) is 1. The van der Waals surface area contributed by atoms with Crippen molar-refractivity contribution in [1.29, 1.82) is 0 Å². The van der Waals surface area contributed by atoms with Gasteiger partial charge in [0, 0.05) is 19.1 Å². The Kier molecular flexibility index (Phi) is 5.41. The molecule has 7 heteroatoms. The quantitative estimate of drug-likeness (QED) is 0.842. The van der Waals surface area contributed by atoms with E-state index in [1.165, 1.54) is 19.1 Å². The summed E-state index contributed by atoms with van der Waals surface area (Å²) in [6, 6.07) is 4.51. The van der Waals surface area contributed by atoms with Crippen LogP contribution in [0.3, 0.4) is 0 Å². The maximum atomic E-state index is 13.0. The number of carbonyl (C=O) groups excluding carboxylic acids is 1. The highest BCUT2D eigenvalue weighted by Crippen LogP contribution is 2.23. The minimum absolute atomic E-state index is 0.0328. The van der Waals surface area contributed by atoms with Crippen molar-refractivity contribution in [2.45, 2.75) is 42.9 Å². The second-order valence-electron chi connectivity index (χ2n) is 6.19. The van der Waals surface area contributed by atoms with E-state index < -0.39 is 26.8 Å². The molecule has 23 heavy (non-hydrogen) atoms. The fraction of sp³-hybridized carbons (Fsp3) is 0.562. The molecule has 5 nitrogen and oxygen atoms in total. The van der Waals surface area contributed by atoms with Crippen LogP contribution in [-0.2, 0) is 14.6 Å². The van der Waals surface area contributed by atoms with Crippen molar-refractivity contribution in [3.63, 3.8) is 0 Å². The molecule has 1 amide bonds. The second-order valence-corrected chi connectivity index (χ2v) is 8.46. The van der Waals surface area contributed by atoms with Gasteiger partial charge in [0.05, 0.1) is 4.90 Å². The predicted octanol–water partition coefficient (Wildman–Crippen LogP) is 1.57. The smallest absolute Gasteiger partial charge is 0.241 e. The normalized spacial score (nSPS) is 21.7. The van der Waals surface area contributed by atoms with Crippen LogP contribution in [0.5, 0.6) is 0 Å². The Morgan fingerprint density at radius 2 is 1.91 bits per heavy atom. The Labute approximate surface area is 136 Å². The van der Waals surface area contributed by atoms with Gasteiger partial charge in [-0.25, -0.2) is 12.8 Å². The summed E-state index contributed by atoms with van der Waals surface area (Å²) >= 11 is 0. The average Bonchev–Trinajstić information content (AvgIpc) is 2.54. The van der Waals surface area contributed by atoms with Crippen LogP contribution >= 0.6 is 0 Å². The molecule has 1 aliphatic heterocycles. The van der Waals surface area contributed by atoms with Gasteiger partial charge >= 0.3 is 0 Å². The van der Waals surface area contributed by atoms with Crippen LogP contribution in [0.4, 0.5) is 4.39 Å². The molecule has 0 unspecified atom stereocenters. The fourth-order valence-corrected chi connectivity index (χ4v) is 4.20. The number of amides is 1. The van der Waals surface area contributed by atoms with Crippen LogP contribution in [0, 0.1) is 11.7 Å². The molecule has 0 bridgehead atoms. The zero-order valence-corrected chi connectivity index (χ0v) is 14.2. The Morgan fingerprint density at radius 1 is 1.30 bits per heavy atom. The van der Waals surface area contributed by atoms with Crippen LogP contribution in [0.25, 0.3) is 0 Å². The molecule has 128 valence electrons. The third-order valence-electron chi connectivity index (χ3n) is 4.47. The van der Waals surface area contributed by atoms with E-state index in [0.717, 1.165) is 25.0 Å². The maximum absolute atomic E-state index is 13.0. The molecule has 1 saturated heterocycles. The number of piperidine rings is 1. The summed E-state index contributed by atoms with van der Waals surface area (Å²) in [5, 5.41) is -1.19. The van der Waals surface area contributed by atoms with Crippen LogP contribution in [0.2, 0.25) is 0 Å². The number of carbonyl (C=O) groups is 1. The molecule has 1 heterocycles. The maximum Gasteiger partial charge on any atom is 0.241 e. The van der Waals surface area contributed by atoms with Crippen LogP contribution in [-0.4, -0.2) is 43.6 Å². The monoisotopic (exact) mass is 342 g/mol. The lowest BCUT2D eigenvalue weighted by molar-refractivity contribution is -0.132. The third kappa shape index (κ3) is 3.90. The van der Waals surface area contributed by atoms with Crippen LogP contribution < -0.4 is 5.73 Å². The van der Waals surface area contributed by atoms with Crippen molar-refractivity contribution >= 4 is 15.7 Å². The van der Waals surface area contributed by atoms with E-state index >= 15 is 0 Å². The van der Waals surface area contributed by atoms with Gasteiger partial charge in [0.15, 0.2) is 9.84 Å². The number of hydrogen-bond donors (Lipinski definition) is 1. The Hall–Kier alpha value is -1.47. The summed E-state index contributed by atoms with van der Waals surface area (Å²) in [5.41, 5.74) is 5.90. The molecule has 3 atom stereocenters. The second kappa shape index (κ2) is 6.97. The minimum atomic E-state index is -3.83. The van der Waals surface area contributed by atoms with Gasteiger partial charge in [-0.3, -0.25) is 4.79 Å². The van der Waals surface area contributed by atoms with Crippen LogP contribution in [0.15, 0.2) is 29.2 Å². The van der Waals surface area contributed by atoms with Crippen molar-refractivity contribution in [1.82, 2.24) is 4.90 Å². The first-order valence-corrected chi connectivity index (χ1v) is 9.32. The molecule has 0 spiro atoms. The molecule has 2 rings (SSSR count). The van der Waals surface area contributed by atoms with Gasteiger partial charge < -0.3 is 10.6 Å². The number of halogens is 1. The van der Waals surface area contributed by atoms with Crippen molar-refractivity contribution in [3.05, 3.63) is 30.1 Å². The first-order chi connectivity index (χ1) is 10.7. The zero-order valence-electron chi connectivity index (χ0n) is 13.4. The Morgan fingerprint density at radius 3 is 2.48 bits per heavy atom. The molecule has 1 aliphatic rings. The topological polar surface area (TPSA) is 80.5 Å². The SMILES string of the molecule is C[C@H](N)[C@H]1CCCN(C(=O)[C@@H](C)S(=O)(=O)c2ccc(F)cc2)C1. The van der Waals surface area contributed by atoms with Gasteiger partial charge in [-0.15, -0.1) is 0 Å². The van der Waals surface area contributed by atoms with Crippen molar-refractivity contribution in [2.75, 3.05) is 13.1 Å². The van der Waals surface area contributed by atoms with Gasteiger partial charge in [-0.2, -0.15) is 0 Å². The van der Waals surface area contributed by atoms with E-state index in [0.29, 0.717) is 13.1 Å². The summed E-state index contributed by atoms with van der Waals surface area (Å²) in [5.74, 6) is -0.744. The predicted molar refractivity (Wildman–Crippen MR) is 86.0 cm³/mol. The molecule has 1 aromatic rings. The number of nitrogens with two attached hydrogens (primary N) is 1. The van der Waals surface area contributed by atoms with Crippen molar-refractivity contribution < 1.29 is 17.6 Å². The minimum Gasteiger partial charge on any atom is -0.341 e. The lowest BCUT2D eigenvalue weighted by atomic mass is 9.92. The molecular formula is C16H23FN2O3S. The lowest BCUT2D eigenvalue weighted by Gasteiger charge is -2.35. The van der Waals surface area contributed by atoms with Crippen molar-refractivity contribution in [2.24, 2.45) is 11.7 Å². The van der Waals surface area contributed by atoms with Gasteiger partial charge in [-0.1, -0.05) is 0 Å². The highest BCUT2D eigenvalue weighted by molar-refractivity contribution is 7.92. The zero-order chi connectivity index (χ0) is 17.2. The summed E-state index contributed by atoms with van der Waals surface area (Å²) in [7, 11) is -3.83. The Bertz CT molecular complexity index is 658. The summed E-state index contributed by atoms with van der Waals surface area (Å²) in [6.45, 7) is 4.32. The lowest BCUT2D eigenvalue weighted by Crippen LogP contribution is -2.49. The molecule has 1 fully saturated rings. The van der Waals surface area contributed by atoms with Gasteiger partial charge in [0.2, 0.25) is 5.91 Å². The van der Waals surface area contributed by atoms with Crippen molar-refractivity contribution in [3.8, 4) is 0 Å². The number of nitrogens with zero attached hydrogens (tertiary/aromatic N) is 1. The molecule has 0 aromatic heterocycles. The highest BCUT2D eigenvalue weighted by Gasteiger charge is 2.35. The highest BCUT2D eigenvalue weighted by atomic mass is 32.2. The fourth-order valence-electron chi connectivity index (χ4n) is 2.86. The molecule has 0 radical (unpaired) electrons. The van der Waals surface area contributed by atoms with E-state index in [1.807, 2.05) is 6.92 Å². The number of sulfone groups is 1. The largest absolute Gasteiger partial charge is 0.341 e. The number of hydrogen-bond acceptors (Lipinski definition) is 4. The molecule has 0 saturated carbocycles. The summed E-state index contributed by atoms with van der Waals surface area (Å²) in [6.07, 6.45) is 1.77. The molecule has 1 aromatic carbocycles. The van der Waals surface area contributed by atoms with E-state index in [-0.39, 0.29) is 16.9 Å². The summed E-state index contributed by atoms with van der Waals surface area (Å²) in [4.78, 5) is 14.1. The number of benzene rings is 1. The molecule has 0 aliphatic carbocycles. The Balaban J connectivity index is 2.16. The van der Waals surface area contributed by atoms with E-state index in [4.69, 9.17) is 5.73 Å². The van der Waals surface area contributed by atoms with E-state index in [2.05, 4.69) is 0 Å². The first kappa shape index (κ1) is 17.9. The average molecular weight is 342 g/mol. The van der Waals surface area contributed by atoms with Gasteiger partial charge in [-0.05, 0) is 56.9 Å². The summed E-state index contributed by atoms with van der Waals surface area (Å²) < 4.78 is 38.1. The van der Waals surface area contributed by atoms with Gasteiger partial charge in [0.25, 0.3) is 0 Å². The van der Waals surface area contributed by atoms with E-state index in [9.17, 15) is 17.6 Å². The standard InChI is InChI=1S/C16H23FN2O3S/c1-11(18)13-4-3-9-19(10-13)16(20)12(2)23(21,22)15-7-5-14(17)6-8-15/h5-8,11-13H,3-4,9-10,18H2,1-2H3/t11-,12+,13-/m0/s1. The molecular weight excluding hydrogens is 319 g/mol. The number of rotatable bonds is 4. The van der Waals surface area contributed by atoms with Gasteiger partial charge in [0.1, 0.15) is 11.1 Å². The van der Waals surface area contributed by atoms with E-state index in [1.54, 1.807) is 4.90 Å².